The summed E-state index contributed by atoms with van der Waals surface area (Å²) < 4.78 is 41.3. The Bertz CT molecular complexity index is 1190. The zero-order chi connectivity index (χ0) is 27.8. The number of quaternary nitrogens is 1. The molecule has 10 nitrogen and oxygen atoms in total. The van der Waals surface area contributed by atoms with Crippen molar-refractivity contribution in [2.45, 2.75) is 25.3 Å². The van der Waals surface area contributed by atoms with Gasteiger partial charge in [-0.2, -0.15) is 4.31 Å². The van der Waals surface area contributed by atoms with Crippen LogP contribution in [0, 0.1) is 16.9 Å². The second-order valence-electron chi connectivity index (χ2n) is 10.1. The van der Waals surface area contributed by atoms with E-state index in [4.69, 9.17) is 0 Å². The maximum atomic E-state index is 13.3. The minimum absolute atomic E-state index is 0.200. The number of nitrogens with zero attached hydrogens (tertiary/aromatic N) is 3. The lowest BCUT2D eigenvalue weighted by atomic mass is 9.91. The van der Waals surface area contributed by atoms with Gasteiger partial charge >= 0.3 is 6.03 Å². The maximum Gasteiger partial charge on any atom is 0.317 e. The topological polar surface area (TPSA) is 118 Å². The average Bonchev–Trinajstić information content (AvgIpc) is 2.96. The standard InChI is InChI=1S/C27H36FN5O5S/c28-24-8-10-25(11-9-24)30-15-17-32(18-16-30)39(37,38)20-26(33(36)21-34)23-7-4-14-31(19-23)27(35)29-13-12-22-5-2-1-3-6-22/h1-3,5-6,8-11,21,23,26,33H,4,7,12-20H2,(H,29,35). The number of piperidine rings is 1. The molecule has 2 aliphatic heterocycles. The predicted octanol–water partition coefficient (Wildman–Crippen LogP) is 0.850. The number of anilines is 1. The molecule has 39 heavy (non-hydrogen) atoms. The molecule has 2 N–H and O–H groups in total. The van der Waals surface area contributed by atoms with Crippen LogP contribution in [0.25, 0.3) is 0 Å². The van der Waals surface area contributed by atoms with Gasteiger partial charge in [0.1, 0.15) is 17.6 Å². The van der Waals surface area contributed by atoms with Crippen molar-refractivity contribution in [3.8, 4) is 0 Å². The van der Waals surface area contributed by atoms with Crippen LogP contribution in [0.15, 0.2) is 54.6 Å². The lowest BCUT2D eigenvalue weighted by Gasteiger charge is -2.40. The number of likely N-dealkylation sites (tertiary alicyclic amines) is 1. The fraction of sp³-hybridized carbons (Fsp3) is 0.481. The molecule has 3 atom stereocenters. The van der Waals surface area contributed by atoms with Gasteiger partial charge in [0.05, 0.1) is 0 Å². The van der Waals surface area contributed by atoms with Crippen LogP contribution in [0.4, 0.5) is 14.9 Å². The van der Waals surface area contributed by atoms with Gasteiger partial charge in [0.15, 0.2) is 0 Å². The van der Waals surface area contributed by atoms with Gasteiger partial charge in [-0.1, -0.05) is 30.3 Å². The fourth-order valence-electron chi connectivity index (χ4n) is 5.34. The van der Waals surface area contributed by atoms with Crippen molar-refractivity contribution < 1.29 is 27.5 Å². The highest BCUT2D eigenvalue weighted by Gasteiger charge is 2.39. The van der Waals surface area contributed by atoms with E-state index in [2.05, 4.69) is 5.32 Å². The molecular formula is C27H36FN5O5S. The van der Waals surface area contributed by atoms with Crippen LogP contribution in [0.2, 0.25) is 0 Å². The summed E-state index contributed by atoms with van der Waals surface area (Å²) in [6.45, 7) is 2.49. The van der Waals surface area contributed by atoms with Crippen LogP contribution in [0.1, 0.15) is 18.4 Å². The number of halogens is 1. The van der Waals surface area contributed by atoms with Crippen molar-refractivity contribution in [1.82, 2.24) is 14.5 Å². The van der Waals surface area contributed by atoms with Crippen molar-refractivity contribution in [2.24, 2.45) is 5.92 Å². The Balaban J connectivity index is 1.33. The predicted molar refractivity (Wildman–Crippen MR) is 146 cm³/mol. The molecule has 2 fully saturated rings. The Morgan fingerprint density at radius 2 is 1.77 bits per heavy atom. The molecule has 2 aliphatic rings. The lowest BCUT2D eigenvalue weighted by Crippen LogP contribution is -3.12. The van der Waals surface area contributed by atoms with Crippen LogP contribution in [-0.4, -0.2) is 87.7 Å². The first kappa shape index (κ1) is 28.9. The lowest BCUT2D eigenvalue weighted by molar-refractivity contribution is -0.787. The average molecular weight is 562 g/mol. The van der Waals surface area contributed by atoms with Crippen molar-refractivity contribution in [3.63, 3.8) is 0 Å². The number of sulfonamides is 1. The summed E-state index contributed by atoms with van der Waals surface area (Å²) in [6, 6.07) is 14.6. The monoisotopic (exact) mass is 561 g/mol. The first-order valence-electron chi connectivity index (χ1n) is 13.3. The van der Waals surface area contributed by atoms with Crippen molar-refractivity contribution in [3.05, 3.63) is 71.2 Å². The summed E-state index contributed by atoms with van der Waals surface area (Å²) in [5, 5.41) is 14.8. The summed E-state index contributed by atoms with van der Waals surface area (Å²) in [5.41, 5.74) is 1.92. The third-order valence-electron chi connectivity index (χ3n) is 7.54. The summed E-state index contributed by atoms with van der Waals surface area (Å²) in [5.74, 6) is -1.22. The highest BCUT2D eigenvalue weighted by molar-refractivity contribution is 7.89. The molecule has 2 aromatic carbocycles. The number of carbonyl (C=O) groups excluding carboxylic acids is 2. The Morgan fingerprint density at radius 1 is 1.08 bits per heavy atom. The van der Waals surface area contributed by atoms with Crippen LogP contribution in [0.5, 0.6) is 0 Å². The molecule has 2 aromatic rings. The molecule has 4 rings (SSSR count). The zero-order valence-corrected chi connectivity index (χ0v) is 22.7. The largest absolute Gasteiger partial charge is 0.627 e. The summed E-state index contributed by atoms with van der Waals surface area (Å²) in [6.07, 6.45) is 2.07. The van der Waals surface area contributed by atoms with Crippen molar-refractivity contribution in [1.29, 1.82) is 0 Å². The molecule has 3 unspecified atom stereocenters. The van der Waals surface area contributed by atoms with E-state index in [1.54, 1.807) is 17.0 Å². The highest BCUT2D eigenvalue weighted by Crippen LogP contribution is 2.22. The van der Waals surface area contributed by atoms with Gasteiger partial charge in [-0.25, -0.2) is 22.4 Å². The number of piperazine rings is 1. The van der Waals surface area contributed by atoms with E-state index in [-0.39, 0.29) is 37.9 Å². The second-order valence-corrected chi connectivity index (χ2v) is 12.1. The minimum atomic E-state index is -3.83. The van der Waals surface area contributed by atoms with Crippen LogP contribution >= 0.6 is 0 Å². The molecule has 3 amide bonds. The summed E-state index contributed by atoms with van der Waals surface area (Å²) in [4.78, 5) is 27.9. The third kappa shape index (κ3) is 7.75. The van der Waals surface area contributed by atoms with E-state index in [0.29, 0.717) is 45.4 Å². The van der Waals surface area contributed by atoms with E-state index in [1.165, 1.54) is 16.4 Å². The summed E-state index contributed by atoms with van der Waals surface area (Å²) >= 11 is 0. The highest BCUT2D eigenvalue weighted by atomic mass is 32.2. The minimum Gasteiger partial charge on any atom is -0.627 e. The molecule has 0 radical (unpaired) electrons. The number of amides is 3. The Morgan fingerprint density at radius 3 is 2.44 bits per heavy atom. The van der Waals surface area contributed by atoms with E-state index in [0.717, 1.165) is 11.3 Å². The Kier molecular flexibility index (Phi) is 9.89. The van der Waals surface area contributed by atoms with Crippen LogP contribution in [0.3, 0.4) is 0 Å². The quantitative estimate of drug-likeness (QED) is 0.328. The first-order chi connectivity index (χ1) is 18.8. The number of hydrogen-bond acceptors (Lipinski definition) is 6. The van der Waals surface area contributed by atoms with Crippen LogP contribution < -0.4 is 15.3 Å². The summed E-state index contributed by atoms with van der Waals surface area (Å²) in [7, 11) is -3.83. The molecule has 0 aliphatic carbocycles. The van der Waals surface area contributed by atoms with Gasteiger partial charge in [-0.15, -0.1) is 0 Å². The molecule has 0 saturated carbocycles. The van der Waals surface area contributed by atoms with Gasteiger partial charge in [-0.3, -0.25) is 0 Å². The molecule has 212 valence electrons. The molecule has 12 heteroatoms. The van der Waals surface area contributed by atoms with Gasteiger partial charge in [0, 0.05) is 57.4 Å². The Labute approximate surface area is 229 Å². The van der Waals surface area contributed by atoms with Crippen molar-refractivity contribution >= 4 is 28.2 Å². The van der Waals surface area contributed by atoms with Gasteiger partial charge in [0.2, 0.25) is 10.0 Å². The maximum absolute atomic E-state index is 13.3. The van der Waals surface area contributed by atoms with E-state index >= 15 is 0 Å². The smallest absolute Gasteiger partial charge is 0.317 e. The Hall–Kier alpha value is -3.06. The number of hydrogen-bond donors (Lipinski definition) is 2. The molecule has 0 bridgehead atoms. The second kappa shape index (κ2) is 13.3. The number of nitrogens with one attached hydrogen (secondary N) is 2. The number of benzene rings is 2. The zero-order valence-electron chi connectivity index (χ0n) is 21.9. The normalized spacial score (nSPS) is 20.3. The number of rotatable bonds is 10. The number of hydroxylamine groups is 2. The fourth-order valence-corrected chi connectivity index (χ4v) is 7.16. The van der Waals surface area contributed by atoms with E-state index < -0.39 is 32.8 Å². The van der Waals surface area contributed by atoms with E-state index in [1.807, 2.05) is 35.2 Å². The van der Waals surface area contributed by atoms with Gasteiger partial charge in [0.25, 0.3) is 6.41 Å². The molecule has 0 aromatic heterocycles. The van der Waals surface area contributed by atoms with Crippen molar-refractivity contribution in [2.75, 3.05) is 56.5 Å². The number of carbonyl (C=O) groups is 2. The molecular weight excluding hydrogens is 525 g/mol. The SMILES string of the molecule is O=C[NH+]([O-])C(CS(=O)(=O)N1CCN(c2ccc(F)cc2)CC1)C1CCCN(C(=O)NCCc2ccccc2)C1. The van der Waals surface area contributed by atoms with Gasteiger partial charge in [-0.05, 0) is 49.1 Å². The number of urea groups is 1. The molecule has 2 heterocycles. The van der Waals surface area contributed by atoms with Crippen LogP contribution in [-0.2, 0) is 21.2 Å². The molecule has 2 saturated heterocycles. The van der Waals surface area contributed by atoms with Gasteiger partial charge < -0.3 is 25.4 Å². The van der Waals surface area contributed by atoms with E-state index in [9.17, 15) is 27.6 Å². The first-order valence-corrected chi connectivity index (χ1v) is 14.9. The molecule has 0 spiro atoms. The third-order valence-corrected chi connectivity index (χ3v) is 9.47.